The average molecular weight is 247 g/mol. The van der Waals surface area contributed by atoms with E-state index in [2.05, 4.69) is 15.9 Å². The van der Waals surface area contributed by atoms with E-state index in [0.717, 1.165) is 12.2 Å². The van der Waals surface area contributed by atoms with Crippen LogP contribution < -0.4 is 10.6 Å². The van der Waals surface area contributed by atoms with Gasteiger partial charge in [-0.15, -0.1) is 0 Å². The smallest absolute Gasteiger partial charge is 0.139 e. The van der Waals surface area contributed by atoms with Crippen LogP contribution in [0.25, 0.3) is 0 Å². The third-order valence-electron chi connectivity index (χ3n) is 1.96. The van der Waals surface area contributed by atoms with E-state index in [1.807, 2.05) is 18.9 Å². The van der Waals surface area contributed by atoms with Crippen molar-refractivity contribution in [3.8, 4) is 0 Å². The normalized spacial score (nSPS) is 10.2. The molecule has 0 spiro atoms. The molecule has 0 saturated heterocycles. The third kappa shape index (κ3) is 2.12. The maximum Gasteiger partial charge on any atom is 0.139 e. The molecule has 1 rings (SSSR count). The van der Waals surface area contributed by atoms with Gasteiger partial charge in [0, 0.05) is 19.7 Å². The van der Waals surface area contributed by atoms with Gasteiger partial charge in [-0.3, -0.25) is 0 Å². The molecule has 0 amide bonds. The van der Waals surface area contributed by atoms with E-state index in [-0.39, 0.29) is 5.82 Å². The van der Waals surface area contributed by atoms with Crippen LogP contribution in [-0.2, 0) is 0 Å². The van der Waals surface area contributed by atoms with Crippen LogP contribution in [0.2, 0.25) is 0 Å². The zero-order chi connectivity index (χ0) is 10.0. The van der Waals surface area contributed by atoms with Gasteiger partial charge in [-0.05, 0) is 28.9 Å². The summed E-state index contributed by atoms with van der Waals surface area (Å²) in [6, 6.07) is 3.01. The van der Waals surface area contributed by atoms with Crippen LogP contribution in [0.1, 0.15) is 6.92 Å². The van der Waals surface area contributed by atoms with Gasteiger partial charge in [0.1, 0.15) is 5.82 Å². The second-order valence-corrected chi connectivity index (χ2v) is 3.69. The lowest BCUT2D eigenvalue weighted by atomic mass is 10.2. The van der Waals surface area contributed by atoms with Crippen molar-refractivity contribution in [3.05, 3.63) is 22.4 Å². The lowest BCUT2D eigenvalue weighted by Crippen LogP contribution is -2.17. The number of halogens is 2. The fraction of sp³-hybridized carbons (Fsp3) is 0.333. The summed E-state index contributed by atoms with van der Waals surface area (Å²) in [5.74, 6) is -0.287. The fourth-order valence-corrected chi connectivity index (χ4v) is 1.41. The number of hydrogen-bond donors (Lipinski definition) is 1. The highest BCUT2D eigenvalue weighted by atomic mass is 79.9. The van der Waals surface area contributed by atoms with Gasteiger partial charge in [0.25, 0.3) is 0 Å². The van der Waals surface area contributed by atoms with Crippen LogP contribution in [0.5, 0.6) is 0 Å². The van der Waals surface area contributed by atoms with Crippen molar-refractivity contribution in [1.82, 2.24) is 0 Å². The monoisotopic (exact) mass is 246 g/mol. The first kappa shape index (κ1) is 10.3. The number of nitrogens with two attached hydrogens (primary N) is 1. The molecule has 1 aromatic rings. The van der Waals surface area contributed by atoms with E-state index in [9.17, 15) is 4.39 Å². The Labute approximate surface area is 85.7 Å². The van der Waals surface area contributed by atoms with Crippen molar-refractivity contribution in [3.63, 3.8) is 0 Å². The van der Waals surface area contributed by atoms with Crippen LogP contribution in [-0.4, -0.2) is 13.6 Å². The molecule has 72 valence electrons. The molecule has 0 aliphatic heterocycles. The quantitative estimate of drug-likeness (QED) is 0.814. The topological polar surface area (TPSA) is 29.3 Å². The Morgan fingerprint density at radius 2 is 2.15 bits per heavy atom. The molecular weight excluding hydrogens is 235 g/mol. The Bertz CT molecular complexity index is 315. The Balaban J connectivity index is 3.15. The first-order valence-corrected chi connectivity index (χ1v) is 4.81. The first-order chi connectivity index (χ1) is 6.06. The van der Waals surface area contributed by atoms with Crippen molar-refractivity contribution in [2.45, 2.75) is 6.92 Å². The van der Waals surface area contributed by atoms with Crippen LogP contribution in [0.3, 0.4) is 0 Å². The minimum Gasteiger partial charge on any atom is -0.397 e. The molecule has 0 heterocycles. The highest BCUT2D eigenvalue weighted by Crippen LogP contribution is 2.28. The summed E-state index contributed by atoms with van der Waals surface area (Å²) < 4.78 is 13.5. The average Bonchev–Trinajstić information content (AvgIpc) is 2.10. The van der Waals surface area contributed by atoms with Gasteiger partial charge in [0.15, 0.2) is 0 Å². The summed E-state index contributed by atoms with van der Waals surface area (Å²) in [7, 11) is 1.87. The van der Waals surface area contributed by atoms with Crippen LogP contribution >= 0.6 is 15.9 Å². The van der Waals surface area contributed by atoms with E-state index >= 15 is 0 Å². The standard InChI is InChI=1S/C9H12BrFN2/c1-3-13(2)9-5-7(11)6(10)4-8(9)12/h4-5H,3,12H2,1-2H3. The van der Waals surface area contributed by atoms with Crippen molar-refractivity contribution in [2.75, 3.05) is 24.2 Å². The maximum atomic E-state index is 13.1. The summed E-state index contributed by atoms with van der Waals surface area (Å²) in [5.41, 5.74) is 7.03. The van der Waals surface area contributed by atoms with Gasteiger partial charge in [-0.1, -0.05) is 0 Å². The maximum absolute atomic E-state index is 13.1. The van der Waals surface area contributed by atoms with Crippen LogP contribution in [0.4, 0.5) is 15.8 Å². The molecule has 0 bridgehead atoms. The summed E-state index contributed by atoms with van der Waals surface area (Å²) in [5, 5.41) is 0. The molecule has 13 heavy (non-hydrogen) atoms. The highest BCUT2D eigenvalue weighted by molar-refractivity contribution is 9.10. The molecule has 0 radical (unpaired) electrons. The summed E-state index contributed by atoms with van der Waals surface area (Å²) in [4.78, 5) is 1.89. The van der Waals surface area contributed by atoms with Gasteiger partial charge >= 0.3 is 0 Å². The van der Waals surface area contributed by atoms with Gasteiger partial charge in [0.2, 0.25) is 0 Å². The molecule has 2 nitrogen and oxygen atoms in total. The van der Waals surface area contributed by atoms with Crippen LogP contribution in [0, 0.1) is 5.82 Å². The van der Waals surface area contributed by atoms with Crippen molar-refractivity contribution in [1.29, 1.82) is 0 Å². The van der Waals surface area contributed by atoms with Crippen molar-refractivity contribution in [2.24, 2.45) is 0 Å². The summed E-state index contributed by atoms with van der Waals surface area (Å²) >= 11 is 3.08. The lowest BCUT2D eigenvalue weighted by Gasteiger charge is -2.19. The zero-order valence-corrected chi connectivity index (χ0v) is 9.23. The molecular formula is C9H12BrFN2. The Kier molecular flexibility index (Phi) is 3.14. The molecule has 0 aromatic heterocycles. The van der Waals surface area contributed by atoms with E-state index in [0.29, 0.717) is 10.2 Å². The molecule has 1 aromatic carbocycles. The number of rotatable bonds is 2. The Morgan fingerprint density at radius 1 is 1.54 bits per heavy atom. The second-order valence-electron chi connectivity index (χ2n) is 2.84. The van der Waals surface area contributed by atoms with E-state index in [1.165, 1.54) is 6.07 Å². The van der Waals surface area contributed by atoms with Gasteiger partial charge in [-0.2, -0.15) is 0 Å². The van der Waals surface area contributed by atoms with Crippen LogP contribution in [0.15, 0.2) is 16.6 Å². The van der Waals surface area contributed by atoms with Gasteiger partial charge in [0.05, 0.1) is 15.8 Å². The minimum atomic E-state index is -0.287. The predicted octanol–water partition coefficient (Wildman–Crippen LogP) is 2.63. The van der Waals surface area contributed by atoms with Crippen molar-refractivity contribution < 1.29 is 4.39 Å². The Morgan fingerprint density at radius 3 is 2.69 bits per heavy atom. The molecule has 0 aliphatic rings. The molecule has 0 unspecified atom stereocenters. The third-order valence-corrected chi connectivity index (χ3v) is 2.56. The summed E-state index contributed by atoms with van der Waals surface area (Å²) in [6.45, 7) is 2.78. The molecule has 0 fully saturated rings. The zero-order valence-electron chi connectivity index (χ0n) is 7.64. The first-order valence-electron chi connectivity index (χ1n) is 4.02. The van der Waals surface area contributed by atoms with Gasteiger partial charge in [-0.25, -0.2) is 4.39 Å². The fourth-order valence-electron chi connectivity index (χ4n) is 1.05. The predicted molar refractivity (Wildman–Crippen MR) is 57.5 cm³/mol. The number of hydrogen-bond acceptors (Lipinski definition) is 2. The second kappa shape index (κ2) is 3.96. The number of nitrogens with zero attached hydrogens (tertiary/aromatic N) is 1. The molecule has 4 heteroatoms. The highest BCUT2D eigenvalue weighted by Gasteiger charge is 2.08. The molecule has 0 atom stereocenters. The lowest BCUT2D eigenvalue weighted by molar-refractivity contribution is 0.621. The molecule has 2 N–H and O–H groups in total. The molecule has 0 saturated carbocycles. The number of nitrogen functional groups attached to an aromatic ring is 1. The van der Waals surface area contributed by atoms with Crippen molar-refractivity contribution >= 4 is 27.3 Å². The molecule has 0 aliphatic carbocycles. The number of anilines is 2. The number of benzene rings is 1. The van der Waals surface area contributed by atoms with Gasteiger partial charge < -0.3 is 10.6 Å². The largest absolute Gasteiger partial charge is 0.397 e. The summed E-state index contributed by atoms with van der Waals surface area (Å²) in [6.07, 6.45) is 0. The minimum absolute atomic E-state index is 0.287. The van der Waals surface area contributed by atoms with E-state index in [4.69, 9.17) is 5.73 Å². The SMILES string of the molecule is CCN(C)c1cc(F)c(Br)cc1N. The van der Waals surface area contributed by atoms with E-state index in [1.54, 1.807) is 6.07 Å². The Hall–Kier alpha value is -0.770. The van der Waals surface area contributed by atoms with E-state index < -0.39 is 0 Å².